The minimum absolute atomic E-state index is 0.550. The molecule has 6 N–H and O–H groups in total. The van der Waals surface area contributed by atoms with Crippen molar-refractivity contribution in [2.24, 2.45) is 0 Å². The summed E-state index contributed by atoms with van der Waals surface area (Å²) in [6.45, 7) is 3.12. The molecule has 1 aromatic carbocycles. The van der Waals surface area contributed by atoms with Gasteiger partial charge in [-0.1, -0.05) is 37.3 Å². The topological polar surface area (TPSA) is 120 Å². The summed E-state index contributed by atoms with van der Waals surface area (Å²) in [5, 5.41) is 0. The van der Waals surface area contributed by atoms with Gasteiger partial charge in [0.25, 0.3) is 7.82 Å². The first-order chi connectivity index (χ1) is 7.34. The molecule has 16 heavy (non-hydrogen) atoms. The van der Waals surface area contributed by atoms with Crippen molar-refractivity contribution in [2.75, 3.05) is 6.54 Å². The Balaban J connectivity index is 0.000000385. The summed E-state index contributed by atoms with van der Waals surface area (Å²) >= 11 is 0. The van der Waals surface area contributed by atoms with Crippen molar-refractivity contribution in [2.45, 2.75) is 12.8 Å². The molecule has 92 valence electrons. The second-order valence-electron chi connectivity index (χ2n) is 3.26. The fourth-order valence-corrected chi connectivity index (χ4v) is 1.12. The highest BCUT2D eigenvalue weighted by atomic mass is 31.2. The number of hydrogen-bond donors (Lipinski definition) is 4. The van der Waals surface area contributed by atoms with E-state index in [1.165, 1.54) is 5.56 Å². The predicted octanol–water partition coefficient (Wildman–Crippen LogP) is -1.02. The Labute approximate surface area is 94.3 Å². The summed E-state index contributed by atoms with van der Waals surface area (Å²) in [4.78, 5) is 22.9. The molecule has 1 atom stereocenters. The van der Waals surface area contributed by atoms with Crippen LogP contribution in [-0.2, 0) is 4.57 Å². The van der Waals surface area contributed by atoms with Gasteiger partial charge in [-0.15, -0.1) is 0 Å². The van der Waals surface area contributed by atoms with E-state index in [1.54, 1.807) is 0 Å². The normalized spacial score (nSPS) is 12.6. The minimum Gasteiger partial charge on any atom is -0.756 e. The van der Waals surface area contributed by atoms with Crippen molar-refractivity contribution in [1.29, 1.82) is 0 Å². The van der Waals surface area contributed by atoms with Gasteiger partial charge in [0, 0.05) is 0 Å². The Kier molecular flexibility index (Phi) is 7.16. The average molecular weight is 248 g/mol. The molecule has 0 aliphatic heterocycles. The highest BCUT2D eigenvalue weighted by Gasteiger charge is 2.02. The molecular formula is C9H17N2O4P. The van der Waals surface area contributed by atoms with Crippen LogP contribution >= 0.6 is 7.82 Å². The highest BCUT2D eigenvalue weighted by molar-refractivity contribution is 7.43. The Morgan fingerprint density at radius 2 is 1.88 bits per heavy atom. The Bertz CT molecular complexity index is 319. The highest BCUT2D eigenvalue weighted by Crippen LogP contribution is 2.19. The Morgan fingerprint density at radius 3 is 2.25 bits per heavy atom. The maximum Gasteiger partial charge on any atom is 0.262 e. The van der Waals surface area contributed by atoms with E-state index in [4.69, 9.17) is 19.2 Å². The molecule has 0 radical (unpaired) electrons. The van der Waals surface area contributed by atoms with Gasteiger partial charge >= 0.3 is 0 Å². The molecule has 0 fully saturated rings. The smallest absolute Gasteiger partial charge is 0.262 e. The standard InChI is InChI=1S/C9H14N2.H3O4P/c1-8(7-11-10)9-5-3-2-4-6-9;1-5(2,3)4/h2-6,8,11H,7,10H2,1H3;(H3,1,2,3,4). The van der Waals surface area contributed by atoms with Crippen LogP contribution in [0.4, 0.5) is 0 Å². The van der Waals surface area contributed by atoms with Crippen LogP contribution in [0.5, 0.6) is 0 Å². The lowest BCUT2D eigenvalue weighted by atomic mass is 10.0. The van der Waals surface area contributed by atoms with Gasteiger partial charge in [-0.3, -0.25) is 10.4 Å². The molecule has 0 aromatic heterocycles. The van der Waals surface area contributed by atoms with Crippen molar-refractivity contribution in [3.05, 3.63) is 35.9 Å². The van der Waals surface area contributed by atoms with Gasteiger partial charge in [-0.2, -0.15) is 5.43 Å². The maximum atomic E-state index is 8.77. The molecule has 0 aliphatic rings. The van der Waals surface area contributed by atoms with Crippen molar-refractivity contribution in [1.82, 2.24) is 5.43 Å². The molecule has 1 aromatic rings. The summed E-state index contributed by atoms with van der Waals surface area (Å²) in [7, 11) is -4.89. The van der Waals surface area contributed by atoms with Crippen LogP contribution in [0, 0.1) is 0 Å². The largest absolute Gasteiger partial charge is 0.756 e. The van der Waals surface area contributed by atoms with Crippen molar-refractivity contribution in [3.63, 3.8) is 0 Å². The van der Waals surface area contributed by atoms with Crippen molar-refractivity contribution >= 4 is 7.82 Å². The quantitative estimate of drug-likeness (QED) is 0.403. The molecule has 6 nitrogen and oxygen atoms in total. The predicted molar refractivity (Wildman–Crippen MR) is 57.8 cm³/mol. The van der Waals surface area contributed by atoms with E-state index in [9.17, 15) is 0 Å². The van der Waals surface area contributed by atoms with Crippen LogP contribution in [0.25, 0.3) is 0 Å². The van der Waals surface area contributed by atoms with E-state index in [0.29, 0.717) is 5.92 Å². The maximum absolute atomic E-state index is 8.77. The second-order valence-corrected chi connectivity index (χ2v) is 4.24. The first-order valence-electron chi connectivity index (χ1n) is 4.66. The second kappa shape index (κ2) is 7.51. The van der Waals surface area contributed by atoms with E-state index in [2.05, 4.69) is 42.5 Å². The van der Waals surface area contributed by atoms with Crippen LogP contribution in [0.15, 0.2) is 30.3 Å². The third-order valence-corrected chi connectivity index (χ3v) is 1.82. The van der Waals surface area contributed by atoms with Gasteiger partial charge in [0.15, 0.2) is 0 Å². The third-order valence-electron chi connectivity index (χ3n) is 1.82. The van der Waals surface area contributed by atoms with Crippen LogP contribution < -0.4 is 16.2 Å². The molecule has 0 amide bonds. The molecule has 0 aliphatic carbocycles. The van der Waals surface area contributed by atoms with E-state index in [-0.39, 0.29) is 0 Å². The zero-order valence-corrected chi connectivity index (χ0v) is 9.93. The van der Waals surface area contributed by atoms with Crippen LogP contribution in [0.1, 0.15) is 18.4 Å². The monoisotopic (exact) mass is 248 g/mol. The number of benzene rings is 1. The number of quaternary nitrogens is 1. The molecule has 7 heteroatoms. The summed E-state index contributed by atoms with van der Waals surface area (Å²) < 4.78 is 8.77. The number of hydrogen-bond acceptors (Lipinski definition) is 3. The van der Waals surface area contributed by atoms with Gasteiger partial charge in [0.2, 0.25) is 0 Å². The Hall–Kier alpha value is -0.750. The van der Waals surface area contributed by atoms with Crippen molar-refractivity contribution < 1.29 is 25.1 Å². The van der Waals surface area contributed by atoms with Gasteiger partial charge < -0.3 is 14.7 Å². The summed E-state index contributed by atoms with van der Waals surface area (Å²) in [5.41, 5.74) is 4.28. The molecular weight excluding hydrogens is 231 g/mol. The fourth-order valence-electron chi connectivity index (χ4n) is 1.12. The zero-order chi connectivity index (χ0) is 12.6. The first-order valence-corrected chi connectivity index (χ1v) is 6.19. The zero-order valence-electron chi connectivity index (χ0n) is 9.04. The van der Waals surface area contributed by atoms with Crippen LogP contribution in [0.3, 0.4) is 0 Å². The van der Waals surface area contributed by atoms with Gasteiger partial charge in [-0.25, -0.2) is 0 Å². The SMILES string of the molecule is CC(CN[NH3+])c1ccccc1.O=P([O-])(O)O. The molecule has 0 saturated heterocycles. The lowest BCUT2D eigenvalue weighted by Crippen LogP contribution is -2.65. The average Bonchev–Trinajstić information content (AvgIpc) is 2.17. The van der Waals surface area contributed by atoms with Gasteiger partial charge in [0.05, 0.1) is 6.54 Å². The van der Waals surface area contributed by atoms with Crippen LogP contribution in [-0.4, -0.2) is 16.3 Å². The summed E-state index contributed by atoms with van der Waals surface area (Å²) in [6, 6.07) is 10.4. The Morgan fingerprint density at radius 1 is 1.44 bits per heavy atom. The summed E-state index contributed by atoms with van der Waals surface area (Å²) in [5.74, 6) is 4.15. The van der Waals surface area contributed by atoms with Crippen LogP contribution in [0.2, 0.25) is 0 Å². The number of rotatable bonds is 3. The molecule has 1 unspecified atom stereocenters. The molecule has 0 spiro atoms. The van der Waals surface area contributed by atoms with Gasteiger partial charge in [0.1, 0.15) is 0 Å². The first kappa shape index (κ1) is 15.2. The van der Waals surface area contributed by atoms with E-state index < -0.39 is 7.82 Å². The van der Waals surface area contributed by atoms with Gasteiger partial charge in [-0.05, 0) is 11.5 Å². The number of nitrogens with one attached hydrogen (secondary N) is 1. The van der Waals surface area contributed by atoms with E-state index >= 15 is 0 Å². The lowest BCUT2D eigenvalue weighted by Gasteiger charge is -2.08. The molecule has 0 heterocycles. The lowest BCUT2D eigenvalue weighted by molar-refractivity contribution is -0.443. The third kappa shape index (κ3) is 9.79. The van der Waals surface area contributed by atoms with Crippen molar-refractivity contribution in [3.8, 4) is 0 Å². The minimum atomic E-state index is -4.89. The fraction of sp³-hybridized carbons (Fsp3) is 0.333. The molecule has 0 saturated carbocycles. The molecule has 1 rings (SSSR count). The summed E-state index contributed by atoms with van der Waals surface area (Å²) in [6.07, 6.45) is 0. The van der Waals surface area contributed by atoms with E-state index in [1.807, 2.05) is 6.07 Å². The van der Waals surface area contributed by atoms with E-state index in [0.717, 1.165) is 6.54 Å². The number of phosphoric acid groups is 1. The molecule has 0 bridgehead atoms.